The number of aliphatic carboxylic acids is 1. The van der Waals surface area contributed by atoms with Crippen LogP contribution in [0.25, 0.3) is 11.1 Å². The lowest BCUT2D eigenvalue weighted by Gasteiger charge is -2.29. The Morgan fingerprint density at radius 1 is 0.951 bits per heavy atom. The zero-order chi connectivity index (χ0) is 29.6. The number of nitrogens with one attached hydrogen (secondary N) is 1. The number of carbonyl (C=O) groups excluding carboxylic acids is 1. The van der Waals surface area contributed by atoms with Crippen LogP contribution in [0, 0.1) is 5.92 Å². The Morgan fingerprint density at radius 2 is 1.54 bits per heavy atom. The summed E-state index contributed by atoms with van der Waals surface area (Å²) < 4.78 is 34.2. The highest BCUT2D eigenvalue weighted by Gasteiger charge is 2.36. The second-order valence-electron chi connectivity index (χ2n) is 10.5. The maximum atomic E-state index is 13.4. The first-order chi connectivity index (χ1) is 19.6. The number of carbonyl (C=O) groups is 2. The minimum atomic E-state index is -4.03. The Hall–Kier alpha value is -3.21. The molecule has 10 heteroatoms. The molecule has 0 aliphatic heterocycles. The van der Waals surface area contributed by atoms with Gasteiger partial charge in [0.1, 0.15) is 12.6 Å². The van der Waals surface area contributed by atoms with Crippen LogP contribution >= 0.6 is 15.9 Å². The molecular formula is C31H35BrN2O6S. The molecule has 0 saturated heterocycles. The lowest BCUT2D eigenvalue weighted by molar-refractivity contribution is -0.141. The zero-order valence-electron chi connectivity index (χ0n) is 23.1. The van der Waals surface area contributed by atoms with Gasteiger partial charge in [-0.1, -0.05) is 78.3 Å². The smallest absolute Gasteiger partial charge is 0.407 e. The van der Waals surface area contributed by atoms with Gasteiger partial charge < -0.3 is 15.2 Å². The quantitative estimate of drug-likeness (QED) is 0.213. The number of ether oxygens (including phenoxy) is 1. The average Bonchev–Trinajstić information content (AvgIpc) is 3.26. The fourth-order valence-electron chi connectivity index (χ4n) is 5.19. The predicted octanol–water partition coefficient (Wildman–Crippen LogP) is 6.26. The number of unbranched alkanes of at least 4 members (excludes halogenated alkanes) is 1. The number of rotatable bonds is 13. The molecule has 1 atom stereocenters. The first kappa shape index (κ1) is 30.7. The molecule has 8 nitrogen and oxygen atoms in total. The van der Waals surface area contributed by atoms with Gasteiger partial charge in [0.05, 0.1) is 4.90 Å². The van der Waals surface area contributed by atoms with Gasteiger partial charge in [0.15, 0.2) is 0 Å². The molecule has 0 heterocycles. The number of fused-ring (bicyclic) bond motifs is 3. The summed E-state index contributed by atoms with van der Waals surface area (Å²) in [6, 6.07) is 21.2. The highest BCUT2D eigenvalue weighted by molar-refractivity contribution is 9.10. The van der Waals surface area contributed by atoms with Crippen molar-refractivity contribution < 1.29 is 27.9 Å². The molecule has 3 aromatic carbocycles. The number of benzene rings is 3. The number of halogens is 1. The number of carboxylic acids is 1. The van der Waals surface area contributed by atoms with Gasteiger partial charge in [-0.25, -0.2) is 13.2 Å². The summed E-state index contributed by atoms with van der Waals surface area (Å²) in [7, 11) is -4.03. The van der Waals surface area contributed by atoms with Crippen molar-refractivity contribution >= 4 is 38.0 Å². The highest BCUT2D eigenvalue weighted by atomic mass is 79.9. The van der Waals surface area contributed by atoms with Crippen LogP contribution in [0.1, 0.15) is 50.2 Å². The molecule has 0 fully saturated rings. The van der Waals surface area contributed by atoms with E-state index in [1.807, 2.05) is 38.1 Å². The molecule has 3 aromatic rings. The number of nitrogens with zero attached hydrogens (tertiary/aromatic N) is 1. The van der Waals surface area contributed by atoms with Crippen molar-refractivity contribution in [3.63, 3.8) is 0 Å². The Bertz CT molecular complexity index is 1430. The van der Waals surface area contributed by atoms with Crippen LogP contribution in [-0.2, 0) is 19.6 Å². The van der Waals surface area contributed by atoms with Crippen molar-refractivity contribution in [1.29, 1.82) is 0 Å². The van der Waals surface area contributed by atoms with Crippen molar-refractivity contribution in [3.05, 3.63) is 88.4 Å². The number of amides is 1. The first-order valence-corrected chi connectivity index (χ1v) is 15.9. The molecule has 218 valence electrons. The van der Waals surface area contributed by atoms with Gasteiger partial charge >= 0.3 is 12.1 Å². The monoisotopic (exact) mass is 642 g/mol. The molecule has 1 amide bonds. The molecule has 0 radical (unpaired) electrons. The Balaban J connectivity index is 1.30. The largest absolute Gasteiger partial charge is 0.480 e. The molecule has 1 aliphatic carbocycles. The van der Waals surface area contributed by atoms with Gasteiger partial charge in [-0.05, 0) is 71.7 Å². The van der Waals surface area contributed by atoms with Gasteiger partial charge in [0.2, 0.25) is 10.0 Å². The highest BCUT2D eigenvalue weighted by Crippen LogP contribution is 2.44. The zero-order valence-corrected chi connectivity index (χ0v) is 25.5. The van der Waals surface area contributed by atoms with Crippen molar-refractivity contribution in [2.75, 3.05) is 19.7 Å². The number of hydrogen-bond donors (Lipinski definition) is 2. The van der Waals surface area contributed by atoms with E-state index >= 15 is 0 Å². The van der Waals surface area contributed by atoms with Crippen LogP contribution in [0.3, 0.4) is 0 Å². The van der Waals surface area contributed by atoms with Crippen LogP contribution in [0.4, 0.5) is 4.79 Å². The summed E-state index contributed by atoms with van der Waals surface area (Å²) in [4.78, 5) is 24.7. The fourth-order valence-corrected chi connectivity index (χ4v) is 7.23. The third-order valence-electron chi connectivity index (χ3n) is 7.12. The number of carboxylic acid groups (broad SMARTS) is 1. The van der Waals surface area contributed by atoms with Crippen LogP contribution in [-0.4, -0.2) is 55.6 Å². The third-order valence-corrected chi connectivity index (χ3v) is 9.53. The van der Waals surface area contributed by atoms with E-state index in [4.69, 9.17) is 4.74 Å². The lowest BCUT2D eigenvalue weighted by atomic mass is 9.98. The Labute approximate surface area is 249 Å². The first-order valence-electron chi connectivity index (χ1n) is 13.7. The maximum Gasteiger partial charge on any atom is 0.407 e. The minimum absolute atomic E-state index is 0.0379. The van der Waals surface area contributed by atoms with E-state index in [1.54, 1.807) is 12.1 Å². The molecule has 4 rings (SSSR count). The van der Waals surface area contributed by atoms with Crippen molar-refractivity contribution in [2.24, 2.45) is 5.92 Å². The summed E-state index contributed by atoms with van der Waals surface area (Å²) in [6.07, 6.45) is 0.456. The van der Waals surface area contributed by atoms with E-state index in [0.717, 1.165) is 31.0 Å². The topological polar surface area (TPSA) is 113 Å². The van der Waals surface area contributed by atoms with Crippen molar-refractivity contribution in [2.45, 2.75) is 50.0 Å². The van der Waals surface area contributed by atoms with Gasteiger partial charge in [-0.15, -0.1) is 0 Å². The van der Waals surface area contributed by atoms with Crippen molar-refractivity contribution in [1.82, 2.24) is 9.62 Å². The molecule has 2 N–H and O–H groups in total. The average molecular weight is 644 g/mol. The second-order valence-corrected chi connectivity index (χ2v) is 13.3. The molecule has 0 saturated carbocycles. The van der Waals surface area contributed by atoms with Gasteiger partial charge in [0, 0.05) is 23.5 Å². The Kier molecular flexibility index (Phi) is 10.2. The molecule has 0 aromatic heterocycles. The van der Waals surface area contributed by atoms with Gasteiger partial charge in [-0.2, -0.15) is 4.31 Å². The van der Waals surface area contributed by atoms with Gasteiger partial charge in [0.25, 0.3) is 0 Å². The predicted molar refractivity (Wildman–Crippen MR) is 161 cm³/mol. The third kappa shape index (κ3) is 7.36. The lowest BCUT2D eigenvalue weighted by Crippen LogP contribution is -2.46. The SMILES string of the molecule is CC(C)CN([C@@H](CCCCNC(=O)OCC1c2ccccc2-c2ccccc21)C(=O)O)S(=O)(=O)c1ccc(Br)cc1. The summed E-state index contributed by atoms with van der Waals surface area (Å²) in [5.41, 5.74) is 4.56. The van der Waals surface area contributed by atoms with E-state index in [1.165, 1.54) is 12.1 Å². The molecule has 0 bridgehead atoms. The second kappa shape index (κ2) is 13.6. The normalized spacial score (nSPS) is 13.6. The Morgan fingerprint density at radius 3 is 2.10 bits per heavy atom. The molecular weight excluding hydrogens is 608 g/mol. The molecule has 41 heavy (non-hydrogen) atoms. The maximum absolute atomic E-state index is 13.4. The molecule has 1 aliphatic rings. The summed E-state index contributed by atoms with van der Waals surface area (Å²) in [5.74, 6) is -1.31. The van der Waals surface area contributed by atoms with Crippen molar-refractivity contribution in [3.8, 4) is 11.1 Å². The fraction of sp³-hybridized carbons (Fsp3) is 0.355. The van der Waals surface area contributed by atoms with Crippen LogP contribution < -0.4 is 5.32 Å². The minimum Gasteiger partial charge on any atom is -0.480 e. The number of alkyl carbamates (subject to hydrolysis) is 1. The van der Waals surface area contributed by atoms with E-state index < -0.39 is 28.1 Å². The van der Waals surface area contributed by atoms with Crippen LogP contribution in [0.15, 0.2) is 82.2 Å². The van der Waals surface area contributed by atoms with Crippen LogP contribution in [0.5, 0.6) is 0 Å². The number of sulfonamides is 1. The summed E-state index contributed by atoms with van der Waals surface area (Å²) in [6.45, 7) is 4.27. The standard InChI is InChI=1S/C31H35BrN2O6S/c1-21(2)19-34(41(38,39)23-16-14-22(32)15-17-23)29(30(35)36)13-7-8-18-33-31(37)40-20-28-26-11-5-3-9-24(26)25-10-4-6-12-27(25)28/h3-6,9-12,14-17,21,28-29H,7-8,13,18-20H2,1-2H3,(H,33,37)(H,35,36)/t29-/m0/s1. The van der Waals surface area contributed by atoms with Gasteiger partial charge in [-0.3, -0.25) is 4.79 Å². The van der Waals surface area contributed by atoms with E-state index in [2.05, 4.69) is 45.5 Å². The summed E-state index contributed by atoms with van der Waals surface area (Å²) in [5, 5.41) is 12.7. The molecule has 0 unspecified atom stereocenters. The summed E-state index contributed by atoms with van der Waals surface area (Å²) >= 11 is 3.30. The molecule has 0 spiro atoms. The number of hydrogen-bond acceptors (Lipinski definition) is 5. The van der Waals surface area contributed by atoms with Crippen LogP contribution in [0.2, 0.25) is 0 Å². The van der Waals surface area contributed by atoms with E-state index in [0.29, 0.717) is 12.8 Å². The van der Waals surface area contributed by atoms with E-state index in [9.17, 15) is 23.1 Å². The van der Waals surface area contributed by atoms with E-state index in [-0.39, 0.29) is 42.8 Å².